The van der Waals surface area contributed by atoms with Gasteiger partial charge in [-0.25, -0.2) is 18.0 Å². The summed E-state index contributed by atoms with van der Waals surface area (Å²) in [5.74, 6) is -1.83. The third-order valence-electron chi connectivity index (χ3n) is 8.50. The van der Waals surface area contributed by atoms with Crippen molar-refractivity contribution in [1.29, 1.82) is 0 Å². The molecule has 0 aliphatic heterocycles. The monoisotopic (exact) mass is 728 g/mol. The molecule has 0 amide bonds. The Morgan fingerprint density at radius 2 is 0.939 bits per heavy atom. The van der Waals surface area contributed by atoms with Crippen LogP contribution in [0.2, 0.25) is 0 Å². The van der Waals surface area contributed by atoms with Crippen LogP contribution in [-0.2, 0) is 19.6 Å². The van der Waals surface area contributed by atoms with Crippen LogP contribution in [0.1, 0.15) is 189 Å². The van der Waals surface area contributed by atoms with Crippen LogP contribution in [-0.4, -0.2) is 38.1 Å². The molecule has 1 rings (SSSR count). The fourth-order valence-electron chi connectivity index (χ4n) is 5.59. The van der Waals surface area contributed by atoms with Gasteiger partial charge in [-0.15, -0.1) is 0 Å². The minimum atomic E-state index is -5.01. The molecule has 0 fully saturated rings. The summed E-state index contributed by atoms with van der Waals surface area (Å²) in [5, 5.41) is 0. The summed E-state index contributed by atoms with van der Waals surface area (Å²) in [4.78, 5) is 25.0. The largest absolute Gasteiger partial charge is 1.00 e. The number of ether oxygens (including phenoxy) is 2. The molecule has 1 aromatic rings. The third-order valence-corrected chi connectivity index (χ3v) is 9.38. The van der Waals surface area contributed by atoms with E-state index in [1.165, 1.54) is 102 Å². The van der Waals surface area contributed by atoms with E-state index in [2.05, 4.69) is 38.2 Å². The molecule has 0 aliphatic carbocycles. The van der Waals surface area contributed by atoms with Crippen molar-refractivity contribution in [2.45, 2.75) is 173 Å². The standard InChI is InChI=1S/C40H66O7S.K/c1-3-5-7-9-11-13-15-17-19-21-23-25-27-29-34-46-39(41)36-32-31-33-37(48(43,44)45)38(36)40(42)47-35-30-28-26-24-22-20-18-16-14-12-10-8-6-4-2;/h11-14,31-33H,3-10,15-30,34-35H2,1-2H3,(H,43,44,45);/q;+1/p-1/b13-11+,14-12+;. The van der Waals surface area contributed by atoms with Gasteiger partial charge in [-0.1, -0.05) is 134 Å². The first-order valence-corrected chi connectivity index (χ1v) is 20.5. The van der Waals surface area contributed by atoms with E-state index in [1.54, 1.807) is 0 Å². The molecule has 0 aromatic heterocycles. The Balaban J connectivity index is 0.0000230. The number of hydrogen-bond acceptors (Lipinski definition) is 7. The second kappa shape index (κ2) is 33.1. The quantitative estimate of drug-likeness (QED) is 0.0248. The number of rotatable bonds is 31. The summed E-state index contributed by atoms with van der Waals surface area (Å²) < 4.78 is 46.5. The van der Waals surface area contributed by atoms with Crippen LogP contribution in [0.5, 0.6) is 0 Å². The van der Waals surface area contributed by atoms with Gasteiger partial charge >= 0.3 is 63.3 Å². The molecule has 0 spiro atoms. The van der Waals surface area contributed by atoms with E-state index in [9.17, 15) is 22.6 Å². The van der Waals surface area contributed by atoms with E-state index in [1.807, 2.05) is 0 Å². The molecular weight excluding hydrogens is 664 g/mol. The van der Waals surface area contributed by atoms with Crippen molar-refractivity contribution >= 4 is 22.1 Å². The molecule has 0 aliphatic rings. The molecular formula is C40H65KO7S. The van der Waals surface area contributed by atoms with Gasteiger partial charge in [0, 0.05) is 0 Å². The predicted octanol–water partition coefficient (Wildman–Crippen LogP) is 8.42. The zero-order valence-corrected chi connectivity index (χ0v) is 35.1. The fraction of sp³-hybridized carbons (Fsp3) is 0.700. The first-order chi connectivity index (χ1) is 23.3. The maximum atomic E-state index is 12.9. The molecule has 274 valence electrons. The van der Waals surface area contributed by atoms with Gasteiger partial charge < -0.3 is 14.0 Å². The second-order valence-electron chi connectivity index (χ2n) is 12.9. The molecule has 1 aromatic carbocycles. The third kappa shape index (κ3) is 25.7. The normalized spacial score (nSPS) is 11.7. The van der Waals surface area contributed by atoms with Crippen LogP contribution in [0.15, 0.2) is 47.4 Å². The predicted molar refractivity (Wildman–Crippen MR) is 195 cm³/mol. The van der Waals surface area contributed by atoms with Crippen LogP contribution in [0.3, 0.4) is 0 Å². The van der Waals surface area contributed by atoms with Crippen LogP contribution in [0.4, 0.5) is 0 Å². The minimum Gasteiger partial charge on any atom is -0.744 e. The maximum absolute atomic E-state index is 12.9. The van der Waals surface area contributed by atoms with Gasteiger partial charge in [0.2, 0.25) is 0 Å². The van der Waals surface area contributed by atoms with E-state index in [0.29, 0.717) is 12.8 Å². The Morgan fingerprint density at radius 3 is 1.35 bits per heavy atom. The SMILES string of the molecule is CCCCC/C=C/CCCCCCCCCOC(=O)c1cccc(S(=O)(=O)[O-])c1C(=O)OCCCCCCCCC/C=C/CCCCC.[K+]. The summed E-state index contributed by atoms with van der Waals surface area (Å²) in [6.45, 7) is 4.68. The van der Waals surface area contributed by atoms with E-state index in [-0.39, 0.29) is 70.2 Å². The Kier molecular flexibility index (Phi) is 32.5. The topological polar surface area (TPSA) is 110 Å². The van der Waals surface area contributed by atoms with Crippen molar-refractivity contribution < 1.29 is 83.4 Å². The minimum absolute atomic E-state index is 0. The summed E-state index contributed by atoms with van der Waals surface area (Å²) >= 11 is 0. The molecule has 0 saturated heterocycles. The molecule has 0 unspecified atom stereocenters. The Hall–Kier alpha value is -0.814. The van der Waals surface area contributed by atoms with Gasteiger partial charge in [0.15, 0.2) is 0 Å². The zero-order chi connectivity index (χ0) is 35.1. The van der Waals surface area contributed by atoms with Crippen LogP contribution >= 0.6 is 0 Å². The summed E-state index contributed by atoms with van der Waals surface area (Å²) in [6.07, 6.45) is 36.1. The van der Waals surface area contributed by atoms with Gasteiger partial charge in [-0.3, -0.25) is 0 Å². The molecule has 0 atom stereocenters. The smallest absolute Gasteiger partial charge is 0.744 e. The Bertz CT molecular complexity index is 1150. The van der Waals surface area contributed by atoms with Crippen LogP contribution in [0.25, 0.3) is 0 Å². The number of allylic oxidation sites excluding steroid dienone is 4. The van der Waals surface area contributed by atoms with E-state index in [4.69, 9.17) is 9.47 Å². The number of hydrogen-bond donors (Lipinski definition) is 0. The first kappa shape index (κ1) is 48.2. The Labute approximate surface area is 342 Å². The molecule has 9 heteroatoms. The average molecular weight is 729 g/mol. The van der Waals surface area contributed by atoms with Gasteiger partial charge in [0.1, 0.15) is 10.1 Å². The van der Waals surface area contributed by atoms with Gasteiger partial charge in [-0.2, -0.15) is 0 Å². The number of carbonyl (C=O) groups is 2. The summed E-state index contributed by atoms with van der Waals surface area (Å²) in [7, 11) is -5.01. The van der Waals surface area contributed by atoms with Crippen LogP contribution < -0.4 is 51.4 Å². The fourth-order valence-corrected chi connectivity index (χ4v) is 6.28. The molecule has 0 heterocycles. The summed E-state index contributed by atoms with van der Waals surface area (Å²) in [5.41, 5.74) is -0.792. The first-order valence-electron chi connectivity index (χ1n) is 19.1. The van der Waals surface area contributed by atoms with Crippen molar-refractivity contribution in [2.24, 2.45) is 0 Å². The van der Waals surface area contributed by atoms with Gasteiger partial charge in [0.05, 0.1) is 29.2 Å². The molecule has 0 N–H and O–H groups in total. The number of esters is 2. The van der Waals surface area contributed by atoms with Crippen molar-refractivity contribution in [2.75, 3.05) is 13.2 Å². The zero-order valence-electron chi connectivity index (χ0n) is 31.2. The van der Waals surface area contributed by atoms with Gasteiger partial charge in [-0.05, 0) is 76.3 Å². The molecule has 0 bridgehead atoms. The van der Waals surface area contributed by atoms with Crippen molar-refractivity contribution in [3.8, 4) is 0 Å². The van der Waals surface area contributed by atoms with Gasteiger partial charge in [0.25, 0.3) is 0 Å². The molecule has 0 saturated carbocycles. The van der Waals surface area contributed by atoms with Crippen molar-refractivity contribution in [3.63, 3.8) is 0 Å². The van der Waals surface area contributed by atoms with Crippen LogP contribution in [0, 0.1) is 0 Å². The second-order valence-corrected chi connectivity index (χ2v) is 14.2. The Morgan fingerprint density at radius 1 is 0.571 bits per heavy atom. The van der Waals surface area contributed by atoms with E-state index in [0.717, 1.165) is 57.4 Å². The number of unbranched alkanes of at least 4 members (excludes halogenated alkanes) is 20. The maximum Gasteiger partial charge on any atom is 1.00 e. The van der Waals surface area contributed by atoms with E-state index < -0.39 is 32.5 Å². The number of carbonyl (C=O) groups excluding carboxylic acids is 2. The molecule has 0 radical (unpaired) electrons. The van der Waals surface area contributed by atoms with Crippen molar-refractivity contribution in [1.82, 2.24) is 0 Å². The van der Waals surface area contributed by atoms with E-state index >= 15 is 0 Å². The van der Waals surface area contributed by atoms with Crippen molar-refractivity contribution in [3.05, 3.63) is 53.6 Å². The number of benzene rings is 1. The molecule has 7 nitrogen and oxygen atoms in total. The summed E-state index contributed by atoms with van der Waals surface area (Å²) in [6, 6.07) is 3.60. The molecule has 49 heavy (non-hydrogen) atoms. The average Bonchev–Trinajstić information content (AvgIpc) is 3.07.